The lowest BCUT2D eigenvalue weighted by Gasteiger charge is -2.11. The Morgan fingerprint density at radius 3 is 2.76 bits per heavy atom. The first-order valence-corrected chi connectivity index (χ1v) is 5.72. The van der Waals surface area contributed by atoms with E-state index >= 15 is 0 Å². The van der Waals surface area contributed by atoms with Gasteiger partial charge >= 0.3 is 5.97 Å². The van der Waals surface area contributed by atoms with Gasteiger partial charge in [0, 0.05) is 18.1 Å². The number of benzene rings is 1. The Labute approximate surface area is 106 Å². The Morgan fingerprint density at radius 2 is 2.24 bits per heavy atom. The van der Waals surface area contributed by atoms with Crippen LogP contribution >= 0.6 is 15.9 Å². The van der Waals surface area contributed by atoms with E-state index in [1.165, 1.54) is 7.11 Å². The van der Waals surface area contributed by atoms with E-state index < -0.39 is 11.8 Å². The smallest absolute Gasteiger partial charge is 0.303 e. The molecule has 0 unspecified atom stereocenters. The summed E-state index contributed by atoms with van der Waals surface area (Å²) in [5.41, 5.74) is 0.306. The molecule has 0 fully saturated rings. The lowest BCUT2D eigenvalue weighted by molar-refractivity contribution is -0.137. The number of phenols is 1. The second kappa shape index (κ2) is 5.86. The van der Waals surface area contributed by atoms with Gasteiger partial charge in [0.2, 0.25) is 0 Å². The first kappa shape index (κ1) is 13.8. The molecular weight excluding hydrogens is 295 g/mol. The highest BCUT2D eigenvalue weighted by atomic mass is 79.9. The maximum absolute atomic E-state index is 13.6. The quantitative estimate of drug-likeness (QED) is 0.878. The van der Waals surface area contributed by atoms with Gasteiger partial charge in [-0.15, -0.1) is 0 Å². The van der Waals surface area contributed by atoms with Gasteiger partial charge < -0.3 is 14.9 Å². The van der Waals surface area contributed by atoms with Gasteiger partial charge in [-0.1, -0.05) is 0 Å². The van der Waals surface area contributed by atoms with E-state index in [2.05, 4.69) is 15.9 Å². The van der Waals surface area contributed by atoms with Crippen LogP contribution in [0.25, 0.3) is 0 Å². The van der Waals surface area contributed by atoms with E-state index in [1.807, 2.05) is 0 Å². The van der Waals surface area contributed by atoms with Gasteiger partial charge in [-0.05, 0) is 28.8 Å². The molecule has 0 atom stereocenters. The van der Waals surface area contributed by atoms with Crippen molar-refractivity contribution < 1.29 is 24.1 Å². The molecule has 1 aromatic rings. The summed E-state index contributed by atoms with van der Waals surface area (Å²) in [5, 5.41) is 17.9. The van der Waals surface area contributed by atoms with Crippen LogP contribution in [0.1, 0.15) is 18.4 Å². The molecule has 0 amide bonds. The second-order valence-corrected chi connectivity index (χ2v) is 4.24. The zero-order chi connectivity index (χ0) is 13.0. The second-order valence-electron chi connectivity index (χ2n) is 3.45. The van der Waals surface area contributed by atoms with Crippen LogP contribution in [0.15, 0.2) is 10.5 Å². The Bertz CT molecular complexity index is 434. The number of aliphatic carboxylic acids is 1. The zero-order valence-corrected chi connectivity index (χ0v) is 10.8. The molecule has 0 bridgehead atoms. The summed E-state index contributed by atoms with van der Waals surface area (Å²) >= 11 is 3.14. The average molecular weight is 307 g/mol. The molecule has 0 saturated heterocycles. The normalized spacial score (nSPS) is 10.3. The van der Waals surface area contributed by atoms with Gasteiger partial charge in [0.25, 0.3) is 0 Å². The van der Waals surface area contributed by atoms with Crippen LogP contribution in [-0.4, -0.2) is 23.3 Å². The van der Waals surface area contributed by atoms with Crippen molar-refractivity contribution in [3.8, 4) is 11.5 Å². The molecule has 17 heavy (non-hydrogen) atoms. The number of hydrogen-bond donors (Lipinski definition) is 2. The van der Waals surface area contributed by atoms with Crippen molar-refractivity contribution in [2.75, 3.05) is 7.11 Å². The molecule has 94 valence electrons. The van der Waals surface area contributed by atoms with Crippen molar-refractivity contribution in [1.29, 1.82) is 0 Å². The summed E-state index contributed by atoms with van der Waals surface area (Å²) in [6.07, 6.45) is 0.545. The molecule has 0 aromatic heterocycles. The first-order valence-electron chi connectivity index (χ1n) is 4.93. The lowest BCUT2D eigenvalue weighted by atomic mass is 10.1. The van der Waals surface area contributed by atoms with E-state index in [9.17, 15) is 14.3 Å². The van der Waals surface area contributed by atoms with Gasteiger partial charge in [-0.3, -0.25) is 4.79 Å². The van der Waals surface area contributed by atoms with Crippen molar-refractivity contribution in [2.24, 2.45) is 0 Å². The molecule has 0 spiro atoms. The molecule has 0 saturated carbocycles. The summed E-state index contributed by atoms with van der Waals surface area (Å²) in [7, 11) is 1.36. The molecule has 1 aromatic carbocycles. The number of rotatable bonds is 5. The SMILES string of the molecule is COc1c(O)cc(F)c(CCCC(=O)O)c1Br. The van der Waals surface area contributed by atoms with Crippen LogP contribution in [0.5, 0.6) is 11.5 Å². The molecule has 0 heterocycles. The predicted octanol–water partition coefficient (Wildman–Crippen LogP) is 2.71. The lowest BCUT2D eigenvalue weighted by Crippen LogP contribution is -2.00. The highest BCUT2D eigenvalue weighted by Gasteiger charge is 2.16. The van der Waals surface area contributed by atoms with Crippen LogP contribution in [-0.2, 0) is 11.2 Å². The minimum absolute atomic E-state index is 0.0327. The average Bonchev–Trinajstić information content (AvgIpc) is 2.22. The molecule has 0 aliphatic rings. The van der Waals surface area contributed by atoms with Crippen LogP contribution in [0, 0.1) is 5.82 Å². The number of carboxylic acids is 1. The van der Waals surface area contributed by atoms with Crippen LogP contribution < -0.4 is 4.74 Å². The van der Waals surface area contributed by atoms with E-state index in [4.69, 9.17) is 9.84 Å². The zero-order valence-electron chi connectivity index (χ0n) is 9.17. The Balaban J connectivity index is 2.94. The fraction of sp³-hybridized carbons (Fsp3) is 0.364. The summed E-state index contributed by atoms with van der Waals surface area (Å²) in [6.45, 7) is 0. The molecule has 0 aliphatic heterocycles. The van der Waals surface area contributed by atoms with E-state index in [0.717, 1.165) is 6.07 Å². The van der Waals surface area contributed by atoms with E-state index in [0.29, 0.717) is 16.5 Å². The number of hydrogen-bond acceptors (Lipinski definition) is 3. The summed E-state index contributed by atoms with van der Waals surface area (Å²) in [5.74, 6) is -1.65. The van der Waals surface area contributed by atoms with Gasteiger partial charge in [-0.2, -0.15) is 0 Å². The van der Waals surface area contributed by atoms with Gasteiger partial charge in [0.05, 0.1) is 11.6 Å². The minimum Gasteiger partial charge on any atom is -0.504 e. The number of methoxy groups -OCH3 is 1. The van der Waals surface area contributed by atoms with E-state index in [-0.39, 0.29) is 24.3 Å². The molecule has 0 radical (unpaired) electrons. The fourth-order valence-corrected chi connectivity index (χ4v) is 2.22. The number of halogens is 2. The van der Waals surface area contributed by atoms with Gasteiger partial charge in [-0.25, -0.2) is 4.39 Å². The van der Waals surface area contributed by atoms with Crippen LogP contribution in [0.3, 0.4) is 0 Å². The standard InChI is InChI=1S/C11H12BrFO4/c1-17-11-8(14)5-7(13)6(10(11)12)3-2-4-9(15)16/h5,14H,2-4H2,1H3,(H,15,16). The molecule has 2 N–H and O–H groups in total. The number of carboxylic acid groups (broad SMARTS) is 1. The first-order chi connectivity index (χ1) is 7.97. The third-order valence-corrected chi connectivity index (χ3v) is 3.11. The monoisotopic (exact) mass is 306 g/mol. The summed E-state index contributed by atoms with van der Waals surface area (Å²) < 4.78 is 18.8. The molecule has 6 heteroatoms. The fourth-order valence-electron chi connectivity index (χ4n) is 1.47. The maximum atomic E-state index is 13.6. The van der Waals surface area contributed by atoms with Crippen LogP contribution in [0.4, 0.5) is 4.39 Å². The highest BCUT2D eigenvalue weighted by molar-refractivity contribution is 9.10. The van der Waals surface area contributed by atoms with Crippen molar-refractivity contribution >= 4 is 21.9 Å². The molecule has 1 rings (SSSR count). The Morgan fingerprint density at radius 1 is 1.59 bits per heavy atom. The topological polar surface area (TPSA) is 66.8 Å². The summed E-state index contributed by atoms with van der Waals surface area (Å²) in [6, 6.07) is 0.958. The maximum Gasteiger partial charge on any atom is 0.303 e. The summed E-state index contributed by atoms with van der Waals surface area (Å²) in [4.78, 5) is 10.4. The number of carbonyl (C=O) groups is 1. The Hall–Kier alpha value is -1.30. The minimum atomic E-state index is -0.924. The third-order valence-electron chi connectivity index (χ3n) is 2.27. The highest BCUT2D eigenvalue weighted by Crippen LogP contribution is 2.39. The molecule has 0 aliphatic carbocycles. The largest absolute Gasteiger partial charge is 0.504 e. The van der Waals surface area contributed by atoms with E-state index in [1.54, 1.807) is 0 Å². The van der Waals surface area contributed by atoms with Crippen molar-refractivity contribution in [2.45, 2.75) is 19.3 Å². The van der Waals surface area contributed by atoms with Gasteiger partial charge in [0.15, 0.2) is 11.5 Å². The van der Waals surface area contributed by atoms with Gasteiger partial charge in [0.1, 0.15) is 5.82 Å². The number of ether oxygens (including phenoxy) is 1. The predicted molar refractivity (Wildman–Crippen MR) is 62.9 cm³/mol. The number of phenolic OH excluding ortho intramolecular Hbond substituents is 1. The number of aromatic hydroxyl groups is 1. The van der Waals surface area contributed by atoms with Crippen LogP contribution in [0.2, 0.25) is 0 Å². The third kappa shape index (κ3) is 3.33. The Kier molecular flexibility index (Phi) is 4.74. The van der Waals surface area contributed by atoms with Crippen molar-refractivity contribution in [3.05, 3.63) is 21.9 Å². The molecule has 4 nitrogen and oxygen atoms in total. The van der Waals surface area contributed by atoms with Crippen molar-refractivity contribution in [3.63, 3.8) is 0 Å². The molecular formula is C11H12BrFO4. The van der Waals surface area contributed by atoms with Crippen molar-refractivity contribution in [1.82, 2.24) is 0 Å².